The molecule has 0 amide bonds. The summed E-state index contributed by atoms with van der Waals surface area (Å²) in [4.78, 5) is 27.5. The van der Waals surface area contributed by atoms with Crippen LogP contribution in [0.15, 0.2) is 47.5 Å². The van der Waals surface area contributed by atoms with Crippen LogP contribution >= 0.6 is 0 Å². The van der Waals surface area contributed by atoms with Gasteiger partial charge in [0.1, 0.15) is 23.8 Å². The first-order valence-electron chi connectivity index (χ1n) is 15.0. The number of nitro groups is 1. The van der Waals surface area contributed by atoms with Crippen molar-refractivity contribution >= 4 is 30.4 Å². The topological polar surface area (TPSA) is 126 Å². The van der Waals surface area contributed by atoms with Crippen molar-refractivity contribution in [3.8, 4) is 22.6 Å². The Labute approximate surface area is 265 Å². The third-order valence-electron chi connectivity index (χ3n) is 7.74. The monoisotopic (exact) mass is 656 g/mol. The highest BCUT2D eigenvalue weighted by Crippen LogP contribution is 2.46. The molecule has 15 heteroatoms. The number of halogens is 2. The number of anilines is 1. The van der Waals surface area contributed by atoms with Crippen molar-refractivity contribution in [2.75, 3.05) is 51.3 Å². The molecule has 1 N–H and O–H groups in total. The number of hydrogen-bond donors (Lipinski definition) is 1. The van der Waals surface area contributed by atoms with E-state index in [0.29, 0.717) is 49.9 Å². The highest BCUT2D eigenvalue weighted by atomic mass is 28.3. The van der Waals surface area contributed by atoms with E-state index in [4.69, 9.17) is 14.2 Å². The Kier molecular flexibility index (Phi) is 10.2. The number of morpholine rings is 1. The van der Waals surface area contributed by atoms with E-state index in [2.05, 4.69) is 35.0 Å². The Balaban J connectivity index is 1.59. The summed E-state index contributed by atoms with van der Waals surface area (Å²) < 4.78 is 48.6. The minimum absolute atomic E-state index is 0.0446. The molecule has 246 valence electrons. The number of nitrogens with one attached hydrogen (secondary N) is 1. The van der Waals surface area contributed by atoms with Crippen LogP contribution in [0.4, 0.5) is 20.2 Å². The number of nitro benzene ring substituents is 1. The lowest BCUT2D eigenvalue weighted by Gasteiger charge is -2.26. The summed E-state index contributed by atoms with van der Waals surface area (Å²) in [6.45, 7) is 11.0. The van der Waals surface area contributed by atoms with Crippen LogP contribution in [0.3, 0.4) is 0 Å². The van der Waals surface area contributed by atoms with Gasteiger partial charge in [-0.15, -0.1) is 0 Å². The number of aryl methyl sites for hydroxylation is 1. The van der Waals surface area contributed by atoms with Crippen LogP contribution in [0.1, 0.15) is 0 Å². The molecule has 2 aromatic heterocycles. The minimum Gasteiger partial charge on any atom is -0.446 e. The SMILES string of the molecule is Cn1cc(-c2ccc(NCCN3CCOCC3)c([N+](=O)[O-])c2Oc2ccc(F)cc2F)c2cnn(COCC[Si](C)(C)C)c2c1=O. The largest absolute Gasteiger partial charge is 0.446 e. The lowest BCUT2D eigenvalue weighted by atomic mass is 10.0. The molecule has 0 unspecified atom stereocenters. The second-order valence-electron chi connectivity index (χ2n) is 12.4. The summed E-state index contributed by atoms with van der Waals surface area (Å²) in [5, 5.41) is 20.6. The lowest BCUT2D eigenvalue weighted by Crippen LogP contribution is -2.39. The van der Waals surface area contributed by atoms with E-state index in [9.17, 15) is 23.7 Å². The number of rotatable bonds is 13. The van der Waals surface area contributed by atoms with Gasteiger partial charge in [0.25, 0.3) is 5.56 Å². The molecule has 0 saturated carbocycles. The summed E-state index contributed by atoms with van der Waals surface area (Å²) in [6, 6.07) is 6.83. The highest BCUT2D eigenvalue weighted by molar-refractivity contribution is 6.76. The van der Waals surface area contributed by atoms with E-state index in [0.717, 1.165) is 31.3 Å². The van der Waals surface area contributed by atoms with Crippen molar-refractivity contribution in [1.82, 2.24) is 19.2 Å². The molecular formula is C31H38F2N6O6Si. The normalized spacial score (nSPS) is 14.1. The van der Waals surface area contributed by atoms with Crippen LogP contribution in [0.5, 0.6) is 11.5 Å². The second kappa shape index (κ2) is 14.1. The zero-order chi connectivity index (χ0) is 33.0. The molecule has 5 rings (SSSR count). The Morgan fingerprint density at radius 1 is 1.13 bits per heavy atom. The molecule has 1 aliphatic rings. The van der Waals surface area contributed by atoms with E-state index >= 15 is 0 Å². The molecule has 3 heterocycles. The van der Waals surface area contributed by atoms with Gasteiger partial charge in [0.05, 0.1) is 24.3 Å². The van der Waals surface area contributed by atoms with E-state index < -0.39 is 36.1 Å². The molecule has 0 spiro atoms. The molecule has 0 aliphatic carbocycles. The van der Waals surface area contributed by atoms with Gasteiger partial charge in [-0.05, 0) is 30.3 Å². The molecule has 4 aromatic rings. The minimum atomic E-state index is -1.34. The number of hydrogen-bond acceptors (Lipinski definition) is 9. The average Bonchev–Trinajstić information content (AvgIpc) is 3.43. The number of fused-ring (bicyclic) bond motifs is 1. The third kappa shape index (κ3) is 7.61. The standard InChI is InChI=1S/C31H38F2N6O6Si/c1-36-19-24(23-18-35-38(28(23)31(36)40)20-44-15-16-46(2,3)4)22-6-7-26(34-9-10-37-11-13-43-14-12-37)29(39(41)42)30(22)45-27-8-5-21(32)17-25(27)33/h5-8,17-19,34H,9-16,20H2,1-4H3. The van der Waals surface area contributed by atoms with E-state index in [1.807, 2.05) is 0 Å². The smallest absolute Gasteiger partial charge is 0.335 e. The molecule has 1 saturated heterocycles. The maximum atomic E-state index is 14.9. The van der Waals surface area contributed by atoms with Gasteiger partial charge in [0, 0.05) is 76.7 Å². The van der Waals surface area contributed by atoms with E-state index in [-0.39, 0.29) is 34.8 Å². The summed E-state index contributed by atoms with van der Waals surface area (Å²) in [5.41, 5.74) is 0.231. The van der Waals surface area contributed by atoms with Gasteiger partial charge in [-0.25, -0.2) is 13.5 Å². The molecule has 1 aliphatic heterocycles. The Morgan fingerprint density at radius 3 is 2.59 bits per heavy atom. The van der Waals surface area contributed by atoms with Crippen molar-refractivity contribution < 1.29 is 27.9 Å². The predicted octanol–water partition coefficient (Wildman–Crippen LogP) is 5.44. The molecule has 12 nitrogen and oxygen atoms in total. The Hall–Kier alpha value is -4.18. The molecule has 0 bridgehead atoms. The average molecular weight is 657 g/mol. The number of nitrogens with zero attached hydrogens (tertiary/aromatic N) is 5. The predicted molar refractivity (Wildman–Crippen MR) is 173 cm³/mol. The van der Waals surface area contributed by atoms with Crippen molar-refractivity contribution in [2.45, 2.75) is 32.4 Å². The van der Waals surface area contributed by atoms with Gasteiger partial charge in [-0.1, -0.05) is 19.6 Å². The van der Waals surface area contributed by atoms with E-state index in [1.165, 1.54) is 21.6 Å². The summed E-state index contributed by atoms with van der Waals surface area (Å²) in [5.74, 6) is -2.52. The van der Waals surface area contributed by atoms with Crippen molar-refractivity contribution in [3.05, 3.63) is 74.8 Å². The summed E-state index contributed by atoms with van der Waals surface area (Å²) in [6.07, 6.45) is 3.03. The van der Waals surface area contributed by atoms with Crippen LogP contribution < -0.4 is 15.6 Å². The van der Waals surface area contributed by atoms with Crippen molar-refractivity contribution in [2.24, 2.45) is 7.05 Å². The number of aromatic nitrogens is 3. The summed E-state index contributed by atoms with van der Waals surface area (Å²) in [7, 11) is 0.222. The Morgan fingerprint density at radius 2 is 1.89 bits per heavy atom. The van der Waals surface area contributed by atoms with Crippen LogP contribution in [0, 0.1) is 21.7 Å². The Bertz CT molecular complexity index is 1780. The molecule has 2 aromatic carbocycles. The fraction of sp³-hybridized carbons (Fsp3) is 0.419. The summed E-state index contributed by atoms with van der Waals surface area (Å²) >= 11 is 0. The highest BCUT2D eigenvalue weighted by Gasteiger charge is 2.29. The van der Waals surface area contributed by atoms with Gasteiger partial charge in [0.15, 0.2) is 11.6 Å². The third-order valence-corrected chi connectivity index (χ3v) is 9.45. The van der Waals surface area contributed by atoms with Crippen LogP contribution in [-0.2, 0) is 23.3 Å². The van der Waals surface area contributed by atoms with Gasteiger partial charge < -0.3 is 24.1 Å². The zero-order valence-electron chi connectivity index (χ0n) is 26.3. The maximum Gasteiger partial charge on any atom is 0.335 e. The van der Waals surface area contributed by atoms with Crippen LogP contribution in [0.2, 0.25) is 25.7 Å². The number of ether oxygens (including phenoxy) is 3. The first-order chi connectivity index (χ1) is 21.9. The lowest BCUT2D eigenvalue weighted by molar-refractivity contribution is -0.384. The number of benzene rings is 2. The number of pyridine rings is 1. The van der Waals surface area contributed by atoms with Crippen LogP contribution in [-0.4, -0.2) is 78.2 Å². The fourth-order valence-corrected chi connectivity index (χ4v) is 5.95. The molecule has 46 heavy (non-hydrogen) atoms. The zero-order valence-corrected chi connectivity index (χ0v) is 27.3. The first kappa shape index (κ1) is 33.2. The quantitative estimate of drug-likeness (QED) is 0.0867. The fourth-order valence-electron chi connectivity index (χ4n) is 5.19. The first-order valence-corrected chi connectivity index (χ1v) is 18.7. The molecule has 1 fully saturated rings. The van der Waals surface area contributed by atoms with Crippen molar-refractivity contribution in [1.29, 1.82) is 0 Å². The van der Waals surface area contributed by atoms with E-state index in [1.54, 1.807) is 19.2 Å². The van der Waals surface area contributed by atoms with Gasteiger partial charge in [-0.2, -0.15) is 5.10 Å². The molecular weight excluding hydrogens is 618 g/mol. The van der Waals surface area contributed by atoms with Crippen LogP contribution in [0.25, 0.3) is 22.0 Å². The van der Waals surface area contributed by atoms with Gasteiger partial charge in [-0.3, -0.25) is 19.8 Å². The van der Waals surface area contributed by atoms with Crippen molar-refractivity contribution in [3.63, 3.8) is 0 Å². The maximum absolute atomic E-state index is 14.9. The van der Waals surface area contributed by atoms with Gasteiger partial charge in [0.2, 0.25) is 5.75 Å². The molecule has 0 atom stereocenters. The molecule has 0 radical (unpaired) electrons. The van der Waals surface area contributed by atoms with Gasteiger partial charge >= 0.3 is 5.69 Å². The second-order valence-corrected chi connectivity index (χ2v) is 18.0.